The van der Waals surface area contributed by atoms with Crippen molar-refractivity contribution in [1.82, 2.24) is 25.4 Å². The van der Waals surface area contributed by atoms with Gasteiger partial charge in [-0.3, -0.25) is 10.1 Å². The molecule has 1 aliphatic carbocycles. The van der Waals surface area contributed by atoms with Gasteiger partial charge in [0.15, 0.2) is 11.7 Å². The molecule has 0 bridgehead atoms. The summed E-state index contributed by atoms with van der Waals surface area (Å²) in [6, 6.07) is 3.70. The van der Waals surface area contributed by atoms with Crippen molar-refractivity contribution in [3.8, 4) is 11.6 Å². The van der Waals surface area contributed by atoms with E-state index < -0.39 is 0 Å². The van der Waals surface area contributed by atoms with Gasteiger partial charge in [-0.05, 0) is 43.7 Å². The van der Waals surface area contributed by atoms with Crippen LogP contribution in [0.15, 0.2) is 27.8 Å². The summed E-state index contributed by atoms with van der Waals surface area (Å²) in [4.78, 5) is 11.7. The molecule has 4 rings (SSSR count). The van der Waals surface area contributed by atoms with E-state index in [1.165, 1.54) is 25.7 Å². The lowest BCUT2D eigenvalue weighted by molar-refractivity contribution is 0.151. The fraction of sp³-hybridized carbons (Fsp3) is 0.611. The number of aromatic nitrogens is 3. The van der Waals surface area contributed by atoms with E-state index in [1.807, 2.05) is 12.1 Å². The number of likely N-dealkylation sites (tertiary alicyclic amines) is 1. The third-order valence-electron chi connectivity index (χ3n) is 5.37. The van der Waals surface area contributed by atoms with Gasteiger partial charge >= 0.3 is 0 Å². The number of nitrogens with one attached hydrogen (secondary N) is 2. The number of hydrogen-bond acceptors (Lipinski definition) is 4. The molecule has 3 heterocycles. The zero-order valence-electron chi connectivity index (χ0n) is 14.8. The normalized spacial score (nSPS) is 19.4. The molecule has 2 N–H and O–H groups in total. The van der Waals surface area contributed by atoms with Crippen LogP contribution in [0.5, 0.6) is 0 Å². The van der Waals surface area contributed by atoms with Gasteiger partial charge < -0.3 is 14.6 Å². The molecule has 0 amide bonds. The maximum absolute atomic E-state index is 5.32. The summed E-state index contributed by atoms with van der Waals surface area (Å²) < 4.78 is 5.32. The summed E-state index contributed by atoms with van der Waals surface area (Å²) >= 11 is 0. The van der Waals surface area contributed by atoms with E-state index in [2.05, 4.69) is 32.3 Å². The van der Waals surface area contributed by atoms with Crippen molar-refractivity contribution in [3.63, 3.8) is 0 Å². The highest BCUT2D eigenvalue weighted by Gasteiger charge is 2.43. The summed E-state index contributed by atoms with van der Waals surface area (Å²) in [6.45, 7) is 5.99. The molecule has 134 valence electrons. The van der Waals surface area contributed by atoms with Gasteiger partial charge in [0.25, 0.3) is 0 Å². The SMILES string of the molecule is CCNC(=NCCc1nc(-c2ccco2)n[nH]1)N1CCC2(CCC2)C1. The van der Waals surface area contributed by atoms with Crippen LogP contribution in [0, 0.1) is 5.41 Å². The number of H-pyrrole nitrogens is 1. The van der Waals surface area contributed by atoms with E-state index >= 15 is 0 Å². The van der Waals surface area contributed by atoms with Crippen molar-refractivity contribution >= 4 is 5.96 Å². The van der Waals surface area contributed by atoms with Crippen molar-refractivity contribution in [2.24, 2.45) is 10.4 Å². The second-order valence-electron chi connectivity index (χ2n) is 7.09. The molecular weight excluding hydrogens is 316 g/mol. The molecule has 7 heteroatoms. The largest absolute Gasteiger partial charge is 0.461 e. The Morgan fingerprint density at radius 1 is 1.44 bits per heavy atom. The summed E-state index contributed by atoms with van der Waals surface area (Å²) in [5.41, 5.74) is 0.582. The minimum Gasteiger partial charge on any atom is -0.461 e. The highest BCUT2D eigenvalue weighted by atomic mass is 16.3. The molecule has 7 nitrogen and oxygen atoms in total. The minimum absolute atomic E-state index is 0.582. The van der Waals surface area contributed by atoms with E-state index in [1.54, 1.807) is 6.26 Å². The summed E-state index contributed by atoms with van der Waals surface area (Å²) in [5, 5.41) is 10.6. The van der Waals surface area contributed by atoms with Crippen LogP contribution in [-0.2, 0) is 6.42 Å². The van der Waals surface area contributed by atoms with Crippen molar-refractivity contribution in [3.05, 3.63) is 24.2 Å². The van der Waals surface area contributed by atoms with Gasteiger partial charge in [0.1, 0.15) is 5.82 Å². The lowest BCUT2D eigenvalue weighted by Crippen LogP contribution is -2.42. The molecule has 0 aromatic carbocycles. The average molecular weight is 342 g/mol. The van der Waals surface area contributed by atoms with E-state index in [0.29, 0.717) is 23.5 Å². The van der Waals surface area contributed by atoms with Gasteiger partial charge in [0.2, 0.25) is 5.82 Å². The van der Waals surface area contributed by atoms with Crippen LogP contribution >= 0.6 is 0 Å². The molecule has 1 spiro atoms. The standard InChI is InChI=1S/C18H26N6O/c1-2-19-17(24-11-9-18(13-24)7-4-8-18)20-10-6-15-21-16(23-22-15)14-5-3-12-25-14/h3,5,12H,2,4,6-11,13H2,1H3,(H,19,20)(H,21,22,23). The fourth-order valence-electron chi connectivity index (χ4n) is 3.82. The first-order valence-electron chi connectivity index (χ1n) is 9.26. The number of hydrogen-bond donors (Lipinski definition) is 2. The molecule has 2 aliphatic rings. The van der Waals surface area contributed by atoms with Gasteiger partial charge in [-0.1, -0.05) is 6.42 Å². The molecule has 0 radical (unpaired) electrons. The summed E-state index contributed by atoms with van der Waals surface area (Å²) in [6.07, 6.45) is 7.84. The van der Waals surface area contributed by atoms with Gasteiger partial charge in [-0.25, -0.2) is 4.98 Å². The Hall–Kier alpha value is -2.31. The van der Waals surface area contributed by atoms with Crippen molar-refractivity contribution in [2.45, 2.75) is 39.0 Å². The van der Waals surface area contributed by atoms with Gasteiger partial charge in [0.05, 0.1) is 6.26 Å². The zero-order chi connectivity index (χ0) is 17.1. The Labute approximate surface area is 147 Å². The minimum atomic E-state index is 0.582. The lowest BCUT2D eigenvalue weighted by atomic mass is 9.68. The van der Waals surface area contributed by atoms with Crippen LogP contribution in [0.25, 0.3) is 11.6 Å². The number of furan rings is 1. The summed E-state index contributed by atoms with van der Waals surface area (Å²) in [7, 11) is 0. The molecule has 2 aromatic rings. The van der Waals surface area contributed by atoms with E-state index in [4.69, 9.17) is 9.41 Å². The third-order valence-corrected chi connectivity index (χ3v) is 5.37. The Morgan fingerprint density at radius 3 is 3.04 bits per heavy atom. The fourth-order valence-corrected chi connectivity index (χ4v) is 3.82. The van der Waals surface area contributed by atoms with Crippen LogP contribution in [-0.4, -0.2) is 52.2 Å². The number of aromatic amines is 1. The first-order chi connectivity index (χ1) is 12.3. The molecule has 2 fully saturated rings. The molecule has 1 aliphatic heterocycles. The maximum atomic E-state index is 5.32. The third kappa shape index (κ3) is 3.41. The Bertz CT molecular complexity index is 716. The Balaban J connectivity index is 1.35. The molecule has 1 saturated heterocycles. The molecule has 0 atom stereocenters. The van der Waals surface area contributed by atoms with Gasteiger partial charge in [0, 0.05) is 32.6 Å². The first-order valence-corrected chi connectivity index (χ1v) is 9.26. The Kier molecular flexibility index (Phi) is 4.46. The van der Waals surface area contributed by atoms with E-state index in [-0.39, 0.29) is 0 Å². The molecule has 1 saturated carbocycles. The number of rotatable bonds is 5. The van der Waals surface area contributed by atoms with Crippen molar-refractivity contribution in [2.75, 3.05) is 26.2 Å². The molecule has 0 unspecified atom stereocenters. The van der Waals surface area contributed by atoms with Gasteiger partial charge in [-0.15, -0.1) is 0 Å². The highest BCUT2D eigenvalue weighted by molar-refractivity contribution is 5.80. The maximum Gasteiger partial charge on any atom is 0.216 e. The molecule has 25 heavy (non-hydrogen) atoms. The first kappa shape index (κ1) is 16.2. The second-order valence-corrected chi connectivity index (χ2v) is 7.09. The zero-order valence-corrected chi connectivity index (χ0v) is 14.8. The van der Waals surface area contributed by atoms with Crippen molar-refractivity contribution in [1.29, 1.82) is 0 Å². The number of aliphatic imine (C=N–C) groups is 1. The topological polar surface area (TPSA) is 82.3 Å². The Morgan fingerprint density at radius 2 is 2.36 bits per heavy atom. The van der Waals surface area contributed by atoms with Crippen LogP contribution in [0.4, 0.5) is 0 Å². The van der Waals surface area contributed by atoms with E-state index in [0.717, 1.165) is 37.8 Å². The monoisotopic (exact) mass is 342 g/mol. The van der Waals surface area contributed by atoms with Crippen LogP contribution in [0.3, 0.4) is 0 Å². The smallest absolute Gasteiger partial charge is 0.216 e. The second kappa shape index (κ2) is 6.90. The van der Waals surface area contributed by atoms with Crippen LogP contribution in [0.2, 0.25) is 0 Å². The van der Waals surface area contributed by atoms with E-state index in [9.17, 15) is 0 Å². The quantitative estimate of drug-likeness (QED) is 0.644. The predicted molar refractivity (Wildman–Crippen MR) is 96.2 cm³/mol. The lowest BCUT2D eigenvalue weighted by Gasteiger charge is -2.38. The molecule has 2 aromatic heterocycles. The predicted octanol–water partition coefficient (Wildman–Crippen LogP) is 2.45. The van der Waals surface area contributed by atoms with Crippen LogP contribution in [0.1, 0.15) is 38.4 Å². The average Bonchev–Trinajstić information content (AvgIpc) is 3.32. The van der Waals surface area contributed by atoms with Gasteiger partial charge in [-0.2, -0.15) is 5.10 Å². The highest BCUT2D eigenvalue weighted by Crippen LogP contribution is 2.47. The van der Waals surface area contributed by atoms with Crippen LogP contribution < -0.4 is 5.32 Å². The molecular formula is C18H26N6O. The number of guanidine groups is 1. The van der Waals surface area contributed by atoms with Crippen molar-refractivity contribution < 1.29 is 4.42 Å². The number of nitrogens with zero attached hydrogens (tertiary/aromatic N) is 4. The summed E-state index contributed by atoms with van der Waals surface area (Å²) in [5.74, 6) is 3.16.